The molecule has 2 atom stereocenters. The zero-order chi connectivity index (χ0) is 31.5. The molecule has 0 radical (unpaired) electrons. The molecule has 0 N–H and O–H groups in total. The minimum atomic E-state index is -0.321. The van der Waals surface area contributed by atoms with E-state index >= 15 is 0 Å². The van der Waals surface area contributed by atoms with E-state index in [2.05, 4.69) is 134 Å². The van der Waals surface area contributed by atoms with Crippen molar-refractivity contribution in [3.63, 3.8) is 0 Å². The predicted octanol–water partition coefficient (Wildman–Crippen LogP) is 11.6. The van der Waals surface area contributed by atoms with Crippen LogP contribution in [0.3, 0.4) is 0 Å². The summed E-state index contributed by atoms with van der Waals surface area (Å²) < 4.78 is 14.6. The van der Waals surface area contributed by atoms with Gasteiger partial charge in [0.05, 0.1) is 11.0 Å². The van der Waals surface area contributed by atoms with Gasteiger partial charge in [-0.1, -0.05) is 117 Å². The Morgan fingerprint density at radius 2 is 1.09 bits per heavy atom. The molecular formula is C45H36FN. The molecule has 0 bridgehead atoms. The molecule has 1 fully saturated rings. The molecule has 1 saturated carbocycles. The number of halogens is 1. The van der Waals surface area contributed by atoms with Crippen molar-refractivity contribution in [2.75, 3.05) is 4.90 Å². The molecule has 47 heavy (non-hydrogen) atoms. The number of rotatable bonds is 2. The van der Waals surface area contributed by atoms with Crippen LogP contribution in [0.15, 0.2) is 133 Å². The van der Waals surface area contributed by atoms with Gasteiger partial charge < -0.3 is 4.90 Å². The number of hydrogen-bond donors (Lipinski definition) is 0. The van der Waals surface area contributed by atoms with E-state index < -0.39 is 0 Å². The summed E-state index contributed by atoms with van der Waals surface area (Å²) in [5.74, 6) is -0.183. The molecule has 6 aromatic carbocycles. The molecule has 0 aromatic heterocycles. The number of benzene rings is 6. The van der Waals surface area contributed by atoms with Crippen molar-refractivity contribution in [2.24, 2.45) is 0 Å². The fraction of sp³-hybridized carbons (Fsp3) is 0.200. The van der Waals surface area contributed by atoms with Crippen molar-refractivity contribution in [1.82, 2.24) is 0 Å². The Balaban J connectivity index is 1.17. The maximum absolute atomic E-state index is 14.6. The second-order valence-electron chi connectivity index (χ2n) is 14.5. The summed E-state index contributed by atoms with van der Waals surface area (Å²) in [6.45, 7) is 4.85. The van der Waals surface area contributed by atoms with Crippen LogP contribution in [-0.2, 0) is 10.8 Å². The third-order valence-electron chi connectivity index (χ3n) is 12.5. The molecule has 0 amide bonds. The van der Waals surface area contributed by atoms with E-state index in [0.29, 0.717) is 0 Å². The van der Waals surface area contributed by atoms with Gasteiger partial charge in [0.15, 0.2) is 0 Å². The van der Waals surface area contributed by atoms with Crippen LogP contribution in [0.1, 0.15) is 67.3 Å². The summed E-state index contributed by atoms with van der Waals surface area (Å²) >= 11 is 0. The Kier molecular flexibility index (Phi) is 5.39. The maximum atomic E-state index is 14.6. The van der Waals surface area contributed by atoms with Gasteiger partial charge in [-0.15, -0.1) is 0 Å². The molecule has 228 valence electrons. The third-order valence-corrected chi connectivity index (χ3v) is 12.5. The first-order valence-electron chi connectivity index (χ1n) is 17.1. The Morgan fingerprint density at radius 3 is 1.77 bits per heavy atom. The van der Waals surface area contributed by atoms with Crippen molar-refractivity contribution in [1.29, 1.82) is 0 Å². The average Bonchev–Trinajstić information content (AvgIpc) is 3.65. The standard InChI is InChI=1S/C45H36FN/c1-43-24-9-10-25-44(43,2)47(32-13-11-12-31(46)28-32)42-23-21-30(27-41(42)43)29-20-22-40-36(26-29)35-16-5-8-19-39(35)45(40)37-17-6-3-14-33(37)34-15-4-7-18-38(34)45/h3-8,11-23,26-28H,9-10,24-25H2,1-2H3. The van der Waals surface area contributed by atoms with Crippen molar-refractivity contribution in [3.8, 4) is 33.4 Å². The highest BCUT2D eigenvalue weighted by molar-refractivity contribution is 5.96. The zero-order valence-electron chi connectivity index (χ0n) is 26.9. The number of fused-ring (bicyclic) bond motifs is 13. The van der Waals surface area contributed by atoms with Gasteiger partial charge in [-0.3, -0.25) is 0 Å². The molecule has 1 spiro atoms. The molecule has 0 saturated heterocycles. The molecule has 3 aliphatic carbocycles. The fourth-order valence-corrected chi connectivity index (χ4v) is 10.2. The quantitative estimate of drug-likeness (QED) is 0.188. The largest absolute Gasteiger partial charge is 0.334 e. The summed E-state index contributed by atoms with van der Waals surface area (Å²) in [7, 11) is 0. The molecule has 10 rings (SSSR count). The SMILES string of the molecule is CC12CCCCC1(C)N(c1cccc(F)c1)c1ccc(-c3ccc4c(c3)-c3ccccc3C43c4ccccc4-c4ccccc43)cc12. The lowest BCUT2D eigenvalue weighted by Crippen LogP contribution is -2.54. The minimum Gasteiger partial charge on any atom is -0.334 e. The van der Waals surface area contributed by atoms with Crippen LogP contribution in [0.2, 0.25) is 0 Å². The smallest absolute Gasteiger partial charge is 0.125 e. The Hall–Kier alpha value is -4.95. The van der Waals surface area contributed by atoms with Gasteiger partial charge >= 0.3 is 0 Å². The molecule has 1 heterocycles. The number of hydrogen-bond acceptors (Lipinski definition) is 1. The predicted molar refractivity (Wildman–Crippen MR) is 191 cm³/mol. The van der Waals surface area contributed by atoms with E-state index in [1.54, 1.807) is 12.1 Å². The monoisotopic (exact) mass is 609 g/mol. The summed E-state index contributed by atoms with van der Waals surface area (Å²) in [6, 6.07) is 48.4. The van der Waals surface area contributed by atoms with E-state index in [9.17, 15) is 4.39 Å². The first-order chi connectivity index (χ1) is 22.9. The Labute approximate surface area is 276 Å². The lowest BCUT2D eigenvalue weighted by molar-refractivity contribution is 0.195. The fourth-order valence-electron chi connectivity index (χ4n) is 10.2. The van der Waals surface area contributed by atoms with E-state index in [1.807, 2.05) is 6.07 Å². The zero-order valence-corrected chi connectivity index (χ0v) is 26.9. The lowest BCUT2D eigenvalue weighted by Gasteiger charge is -2.50. The summed E-state index contributed by atoms with van der Waals surface area (Å²) in [5.41, 5.74) is 16.4. The molecule has 4 aliphatic rings. The highest BCUT2D eigenvalue weighted by Crippen LogP contribution is 2.64. The van der Waals surface area contributed by atoms with Crippen LogP contribution in [0.5, 0.6) is 0 Å². The van der Waals surface area contributed by atoms with Crippen LogP contribution >= 0.6 is 0 Å². The highest BCUT2D eigenvalue weighted by atomic mass is 19.1. The van der Waals surface area contributed by atoms with Gasteiger partial charge in [-0.05, 0) is 117 Å². The first kappa shape index (κ1) is 27.2. The maximum Gasteiger partial charge on any atom is 0.125 e. The normalized spacial score (nSPS) is 22.3. The molecule has 1 nitrogen and oxygen atoms in total. The Bertz CT molecular complexity index is 2240. The van der Waals surface area contributed by atoms with Gasteiger partial charge in [0.2, 0.25) is 0 Å². The molecule has 2 unspecified atom stereocenters. The molecular weight excluding hydrogens is 574 g/mol. The van der Waals surface area contributed by atoms with Crippen LogP contribution in [0, 0.1) is 5.82 Å². The van der Waals surface area contributed by atoms with Crippen LogP contribution < -0.4 is 4.90 Å². The Morgan fingerprint density at radius 1 is 0.511 bits per heavy atom. The summed E-state index contributed by atoms with van der Waals surface area (Å²) in [5, 5.41) is 0. The molecule has 1 aliphatic heterocycles. The van der Waals surface area contributed by atoms with Crippen LogP contribution in [0.25, 0.3) is 33.4 Å². The second kappa shape index (κ2) is 9.32. The van der Waals surface area contributed by atoms with Crippen LogP contribution in [-0.4, -0.2) is 5.54 Å². The number of anilines is 2. The topological polar surface area (TPSA) is 3.24 Å². The summed E-state index contributed by atoms with van der Waals surface area (Å²) in [6.07, 6.45) is 4.62. The van der Waals surface area contributed by atoms with E-state index in [-0.39, 0.29) is 22.2 Å². The number of nitrogens with zero attached hydrogens (tertiary/aromatic N) is 1. The van der Waals surface area contributed by atoms with Crippen LogP contribution in [0.4, 0.5) is 15.8 Å². The van der Waals surface area contributed by atoms with Gasteiger partial charge in [-0.2, -0.15) is 0 Å². The third kappa shape index (κ3) is 3.28. The highest BCUT2D eigenvalue weighted by Gasteiger charge is 2.58. The van der Waals surface area contributed by atoms with Gasteiger partial charge in [0, 0.05) is 16.8 Å². The van der Waals surface area contributed by atoms with Gasteiger partial charge in [0.1, 0.15) is 5.82 Å². The first-order valence-corrected chi connectivity index (χ1v) is 17.1. The lowest BCUT2D eigenvalue weighted by atomic mass is 9.61. The summed E-state index contributed by atoms with van der Waals surface area (Å²) in [4.78, 5) is 2.45. The second-order valence-corrected chi connectivity index (χ2v) is 14.5. The van der Waals surface area contributed by atoms with Crippen molar-refractivity contribution >= 4 is 11.4 Å². The van der Waals surface area contributed by atoms with Crippen molar-refractivity contribution < 1.29 is 4.39 Å². The molecule has 6 aromatic rings. The molecule has 2 heteroatoms. The van der Waals surface area contributed by atoms with E-state index in [4.69, 9.17) is 0 Å². The minimum absolute atomic E-state index is 0.0342. The average molecular weight is 610 g/mol. The van der Waals surface area contributed by atoms with Crippen molar-refractivity contribution in [3.05, 3.63) is 167 Å². The van der Waals surface area contributed by atoms with Gasteiger partial charge in [-0.25, -0.2) is 4.39 Å². The van der Waals surface area contributed by atoms with E-state index in [0.717, 1.165) is 18.5 Å². The van der Waals surface area contributed by atoms with Crippen molar-refractivity contribution in [2.45, 2.75) is 55.9 Å². The van der Waals surface area contributed by atoms with E-state index in [1.165, 1.54) is 79.7 Å². The van der Waals surface area contributed by atoms with Gasteiger partial charge in [0.25, 0.3) is 0 Å².